The second-order valence-corrected chi connectivity index (χ2v) is 7.94. The predicted molar refractivity (Wildman–Crippen MR) is 101 cm³/mol. The van der Waals surface area contributed by atoms with Crippen molar-refractivity contribution in [3.05, 3.63) is 41.1 Å². The van der Waals surface area contributed by atoms with Crippen LogP contribution in [-0.4, -0.2) is 52.7 Å². The Kier molecular flexibility index (Phi) is 5.51. The molecule has 0 aromatic carbocycles. The molecule has 0 N–H and O–H groups in total. The van der Waals surface area contributed by atoms with Gasteiger partial charge in [-0.05, 0) is 44.4 Å². The van der Waals surface area contributed by atoms with E-state index in [4.69, 9.17) is 9.52 Å². The normalized spacial score (nSPS) is 17.0. The minimum absolute atomic E-state index is 0.00177. The van der Waals surface area contributed by atoms with Crippen molar-refractivity contribution in [1.29, 1.82) is 0 Å². The molecule has 1 aliphatic carbocycles. The predicted octanol–water partition coefficient (Wildman–Crippen LogP) is 2.82. The fraction of sp³-hybridized carbons (Fsp3) is 0.600. The molecule has 26 heavy (non-hydrogen) atoms. The van der Waals surface area contributed by atoms with Crippen LogP contribution >= 0.6 is 0 Å². The molecule has 0 aliphatic heterocycles. The van der Waals surface area contributed by atoms with E-state index in [0.29, 0.717) is 17.7 Å². The second kappa shape index (κ2) is 7.66. The smallest absolute Gasteiger partial charge is 0.274 e. The van der Waals surface area contributed by atoms with Gasteiger partial charge in [-0.25, -0.2) is 0 Å². The summed E-state index contributed by atoms with van der Waals surface area (Å²) < 4.78 is 7.56. The van der Waals surface area contributed by atoms with Crippen LogP contribution in [0.3, 0.4) is 0 Å². The van der Waals surface area contributed by atoms with E-state index in [1.165, 1.54) is 5.69 Å². The van der Waals surface area contributed by atoms with Crippen LogP contribution in [0.1, 0.15) is 47.8 Å². The third kappa shape index (κ3) is 3.85. The van der Waals surface area contributed by atoms with Crippen LogP contribution in [0.4, 0.5) is 0 Å². The summed E-state index contributed by atoms with van der Waals surface area (Å²) in [6.07, 6.45) is 4.61. The molecule has 0 saturated carbocycles. The molecule has 1 amide bonds. The lowest BCUT2D eigenvalue weighted by Gasteiger charge is -2.31. The Hall–Kier alpha value is -2.08. The summed E-state index contributed by atoms with van der Waals surface area (Å²) in [4.78, 5) is 16.6. The molecular formula is C20H30N4O2. The highest BCUT2D eigenvalue weighted by Crippen LogP contribution is 2.29. The first-order valence-corrected chi connectivity index (χ1v) is 9.39. The Bertz CT molecular complexity index is 746. The van der Waals surface area contributed by atoms with Crippen molar-refractivity contribution >= 4 is 5.91 Å². The van der Waals surface area contributed by atoms with E-state index in [1.807, 2.05) is 12.1 Å². The molecule has 0 bridgehead atoms. The molecule has 1 atom stereocenters. The lowest BCUT2D eigenvalue weighted by Crippen LogP contribution is -2.37. The number of fused-ring (bicyclic) bond motifs is 1. The lowest BCUT2D eigenvalue weighted by molar-refractivity contribution is 0.0819. The van der Waals surface area contributed by atoms with Gasteiger partial charge in [-0.1, -0.05) is 13.8 Å². The van der Waals surface area contributed by atoms with E-state index in [-0.39, 0.29) is 5.91 Å². The zero-order valence-electron chi connectivity index (χ0n) is 16.5. The summed E-state index contributed by atoms with van der Waals surface area (Å²) in [5.74, 6) is 1.47. The number of carbonyl (C=O) groups excluding carboxylic acids is 1. The van der Waals surface area contributed by atoms with Crippen molar-refractivity contribution in [2.45, 2.75) is 52.2 Å². The Morgan fingerprint density at radius 2 is 2.15 bits per heavy atom. The maximum atomic E-state index is 12.7. The fourth-order valence-corrected chi connectivity index (χ4v) is 3.70. The van der Waals surface area contributed by atoms with Gasteiger partial charge >= 0.3 is 0 Å². The maximum Gasteiger partial charge on any atom is 0.274 e. The monoisotopic (exact) mass is 358 g/mol. The zero-order valence-corrected chi connectivity index (χ0v) is 16.5. The molecule has 0 fully saturated rings. The second-order valence-electron chi connectivity index (χ2n) is 7.94. The van der Waals surface area contributed by atoms with Crippen molar-refractivity contribution < 1.29 is 9.21 Å². The fourth-order valence-electron chi connectivity index (χ4n) is 3.70. The number of likely N-dealkylation sites (N-methyl/N-ethyl adjacent to an activating group) is 1. The minimum atomic E-state index is -0.00177. The average Bonchev–Trinajstić information content (AvgIpc) is 3.21. The van der Waals surface area contributed by atoms with E-state index in [2.05, 4.69) is 30.5 Å². The van der Waals surface area contributed by atoms with Crippen molar-refractivity contribution in [3.63, 3.8) is 0 Å². The first-order chi connectivity index (χ1) is 12.4. The molecule has 0 radical (unpaired) electrons. The molecule has 0 unspecified atom stereocenters. The van der Waals surface area contributed by atoms with E-state index in [0.717, 1.165) is 43.7 Å². The Morgan fingerprint density at radius 1 is 1.38 bits per heavy atom. The first kappa shape index (κ1) is 18.7. The molecule has 2 heterocycles. The number of nitrogens with zero attached hydrogens (tertiary/aromatic N) is 4. The third-order valence-corrected chi connectivity index (χ3v) is 5.08. The molecule has 0 saturated heterocycles. The summed E-state index contributed by atoms with van der Waals surface area (Å²) in [7, 11) is 5.71. The largest absolute Gasteiger partial charge is 0.468 e. The summed E-state index contributed by atoms with van der Waals surface area (Å²) in [6.45, 7) is 6.01. The first-order valence-electron chi connectivity index (χ1n) is 9.39. The van der Waals surface area contributed by atoms with Crippen molar-refractivity contribution in [2.75, 3.05) is 21.1 Å². The van der Waals surface area contributed by atoms with Crippen LogP contribution in [-0.2, 0) is 25.9 Å². The van der Waals surface area contributed by atoms with Crippen LogP contribution in [0.15, 0.2) is 22.8 Å². The van der Waals surface area contributed by atoms with Gasteiger partial charge in [-0.2, -0.15) is 5.10 Å². The van der Waals surface area contributed by atoms with Gasteiger partial charge in [0.2, 0.25) is 0 Å². The maximum absolute atomic E-state index is 12.7. The molecule has 0 spiro atoms. The third-order valence-electron chi connectivity index (χ3n) is 5.08. The van der Waals surface area contributed by atoms with Gasteiger partial charge < -0.3 is 9.32 Å². The quantitative estimate of drug-likeness (QED) is 0.797. The average molecular weight is 358 g/mol. The molecule has 3 rings (SSSR count). The van der Waals surface area contributed by atoms with Crippen LogP contribution in [0.25, 0.3) is 0 Å². The van der Waals surface area contributed by atoms with Gasteiger partial charge in [0.15, 0.2) is 5.69 Å². The molecule has 6 heteroatoms. The Balaban J connectivity index is 1.85. The zero-order chi connectivity index (χ0) is 18.8. The summed E-state index contributed by atoms with van der Waals surface area (Å²) in [6, 6.07) is 4.32. The molecule has 2 aromatic heterocycles. The Morgan fingerprint density at radius 3 is 2.77 bits per heavy atom. The van der Waals surface area contributed by atoms with Gasteiger partial charge in [-0.3, -0.25) is 14.4 Å². The van der Waals surface area contributed by atoms with Gasteiger partial charge in [-0.15, -0.1) is 0 Å². The summed E-state index contributed by atoms with van der Waals surface area (Å²) in [5.41, 5.74) is 3.00. The molecule has 142 valence electrons. The van der Waals surface area contributed by atoms with Crippen LogP contribution in [0.2, 0.25) is 0 Å². The number of amides is 1. The van der Waals surface area contributed by atoms with Gasteiger partial charge in [0.1, 0.15) is 5.76 Å². The molecule has 2 aromatic rings. The lowest BCUT2D eigenvalue weighted by atomic mass is 9.90. The number of hydrogen-bond donors (Lipinski definition) is 0. The van der Waals surface area contributed by atoms with E-state index in [9.17, 15) is 4.79 Å². The van der Waals surface area contributed by atoms with E-state index < -0.39 is 0 Å². The minimum Gasteiger partial charge on any atom is -0.468 e. The number of furan rings is 1. The highest BCUT2D eigenvalue weighted by atomic mass is 16.3. The number of aromatic nitrogens is 2. The van der Waals surface area contributed by atoms with Crippen LogP contribution in [0.5, 0.6) is 0 Å². The molecule has 1 aliphatic rings. The van der Waals surface area contributed by atoms with E-state index >= 15 is 0 Å². The number of hydrogen-bond acceptors (Lipinski definition) is 4. The molecule has 6 nitrogen and oxygen atoms in total. The number of rotatable bonds is 6. The highest BCUT2D eigenvalue weighted by Gasteiger charge is 2.31. The van der Waals surface area contributed by atoms with E-state index in [1.54, 1.807) is 25.3 Å². The number of carbonyl (C=O) groups is 1. The van der Waals surface area contributed by atoms with Crippen molar-refractivity contribution in [1.82, 2.24) is 19.6 Å². The molecular weight excluding hydrogens is 328 g/mol. The van der Waals surface area contributed by atoms with Crippen LogP contribution < -0.4 is 0 Å². The summed E-state index contributed by atoms with van der Waals surface area (Å²) >= 11 is 0. The van der Waals surface area contributed by atoms with Gasteiger partial charge in [0.25, 0.3) is 5.91 Å². The topological polar surface area (TPSA) is 54.5 Å². The summed E-state index contributed by atoms with van der Waals surface area (Å²) in [5, 5.41) is 4.71. The van der Waals surface area contributed by atoms with Crippen molar-refractivity contribution in [3.8, 4) is 0 Å². The van der Waals surface area contributed by atoms with Gasteiger partial charge in [0, 0.05) is 37.9 Å². The van der Waals surface area contributed by atoms with Gasteiger partial charge in [0.05, 0.1) is 12.8 Å². The Labute approximate surface area is 155 Å². The van der Waals surface area contributed by atoms with Crippen LogP contribution in [0, 0.1) is 5.92 Å². The SMILES string of the molecule is CC(C)Cn1nc(C(=O)N(C)C)c2c1CC[C@H](N(C)Cc1ccco1)C2. The van der Waals surface area contributed by atoms with Crippen molar-refractivity contribution in [2.24, 2.45) is 5.92 Å². The highest BCUT2D eigenvalue weighted by molar-refractivity contribution is 5.93. The standard InChI is InChI=1S/C20H30N4O2/c1-14(2)12-24-18-9-8-15(23(5)13-16-7-6-10-26-16)11-17(18)19(21-24)20(25)22(3)4/h6-7,10,14-15H,8-9,11-13H2,1-5H3/t15-/m0/s1.